The van der Waals surface area contributed by atoms with Crippen molar-refractivity contribution < 1.29 is 19.4 Å². The molecule has 100 valence electrons. The summed E-state index contributed by atoms with van der Waals surface area (Å²) in [4.78, 5) is 25.1. The molecule has 3 rings (SSSR count). The molecule has 2 atom stereocenters. The molecule has 19 heavy (non-hydrogen) atoms. The summed E-state index contributed by atoms with van der Waals surface area (Å²) < 4.78 is 5.24. The molecule has 0 radical (unpaired) electrons. The van der Waals surface area contributed by atoms with Crippen molar-refractivity contribution >= 4 is 11.9 Å². The zero-order valence-corrected chi connectivity index (χ0v) is 10.4. The molecule has 1 N–H and O–H groups in total. The maximum atomic E-state index is 12.0. The van der Waals surface area contributed by atoms with E-state index >= 15 is 0 Å². The van der Waals surface area contributed by atoms with Crippen LogP contribution in [0.5, 0.6) is 0 Å². The third-order valence-electron chi connectivity index (χ3n) is 3.59. The second kappa shape index (κ2) is 4.66. The standard InChI is InChI=1S/C14H15NO4/c16-11-8-19-13(14(17)18)12(15(11)10-6-7-10)9-4-2-1-3-5-9/h1-5,10,12-13H,6-8H2,(H,17,18)/t12-,13+/m0/s1. The van der Waals surface area contributed by atoms with Crippen LogP contribution in [0.25, 0.3) is 0 Å². The fraction of sp³-hybridized carbons (Fsp3) is 0.429. The molecule has 5 nitrogen and oxygen atoms in total. The second-order valence-corrected chi connectivity index (χ2v) is 4.96. The number of benzene rings is 1. The number of nitrogens with zero attached hydrogens (tertiary/aromatic N) is 1. The molecular formula is C14H15NO4. The summed E-state index contributed by atoms with van der Waals surface area (Å²) in [6.45, 7) is -0.142. The number of carboxylic acid groups (broad SMARTS) is 1. The van der Waals surface area contributed by atoms with Gasteiger partial charge in [-0.25, -0.2) is 4.79 Å². The van der Waals surface area contributed by atoms with Crippen molar-refractivity contribution in [3.63, 3.8) is 0 Å². The van der Waals surface area contributed by atoms with Crippen LogP contribution in [0, 0.1) is 0 Å². The molecule has 0 aromatic heterocycles. The van der Waals surface area contributed by atoms with E-state index in [1.807, 2.05) is 30.3 Å². The zero-order chi connectivity index (χ0) is 13.4. The van der Waals surface area contributed by atoms with Crippen molar-refractivity contribution in [1.29, 1.82) is 0 Å². The third-order valence-corrected chi connectivity index (χ3v) is 3.59. The van der Waals surface area contributed by atoms with Crippen molar-refractivity contribution in [3.8, 4) is 0 Å². The number of amides is 1. The van der Waals surface area contributed by atoms with E-state index in [1.54, 1.807) is 4.90 Å². The minimum Gasteiger partial charge on any atom is -0.479 e. The van der Waals surface area contributed by atoms with E-state index in [0.717, 1.165) is 18.4 Å². The van der Waals surface area contributed by atoms with E-state index in [9.17, 15) is 14.7 Å². The van der Waals surface area contributed by atoms with Gasteiger partial charge in [0, 0.05) is 6.04 Å². The van der Waals surface area contributed by atoms with Gasteiger partial charge in [0.05, 0.1) is 6.04 Å². The Labute approximate surface area is 110 Å². The van der Waals surface area contributed by atoms with Gasteiger partial charge in [-0.3, -0.25) is 4.79 Å². The van der Waals surface area contributed by atoms with Gasteiger partial charge in [0.1, 0.15) is 6.61 Å². The highest BCUT2D eigenvalue weighted by molar-refractivity contribution is 5.83. The molecule has 1 amide bonds. The molecule has 1 aliphatic carbocycles. The Morgan fingerprint density at radius 1 is 1.26 bits per heavy atom. The molecule has 0 unspecified atom stereocenters. The second-order valence-electron chi connectivity index (χ2n) is 4.96. The van der Waals surface area contributed by atoms with Gasteiger partial charge in [-0.05, 0) is 18.4 Å². The molecular weight excluding hydrogens is 246 g/mol. The Bertz CT molecular complexity index is 497. The summed E-state index contributed by atoms with van der Waals surface area (Å²) in [5.41, 5.74) is 0.815. The molecule has 1 aromatic rings. The number of hydrogen-bond acceptors (Lipinski definition) is 3. The number of carbonyl (C=O) groups is 2. The van der Waals surface area contributed by atoms with Crippen molar-refractivity contribution in [2.45, 2.75) is 31.0 Å². The smallest absolute Gasteiger partial charge is 0.335 e. The average molecular weight is 261 g/mol. The Hall–Kier alpha value is -1.88. The lowest BCUT2D eigenvalue weighted by Gasteiger charge is -2.39. The first-order valence-electron chi connectivity index (χ1n) is 6.39. The summed E-state index contributed by atoms with van der Waals surface area (Å²) >= 11 is 0. The number of rotatable bonds is 3. The van der Waals surface area contributed by atoms with Gasteiger partial charge in [0.15, 0.2) is 6.10 Å². The molecule has 1 aliphatic heterocycles. The summed E-state index contributed by atoms with van der Waals surface area (Å²) in [6, 6.07) is 8.90. The number of ether oxygens (including phenoxy) is 1. The van der Waals surface area contributed by atoms with Gasteiger partial charge >= 0.3 is 5.97 Å². The lowest BCUT2D eigenvalue weighted by Crippen LogP contribution is -2.52. The molecule has 1 saturated carbocycles. The normalized spacial score (nSPS) is 27.4. The van der Waals surface area contributed by atoms with Crippen molar-refractivity contribution in [2.75, 3.05) is 6.61 Å². The van der Waals surface area contributed by atoms with Crippen molar-refractivity contribution in [2.24, 2.45) is 0 Å². The summed E-state index contributed by atoms with van der Waals surface area (Å²) in [5, 5.41) is 9.31. The molecule has 5 heteroatoms. The van der Waals surface area contributed by atoms with Gasteiger partial charge in [0.2, 0.25) is 5.91 Å². The zero-order valence-electron chi connectivity index (χ0n) is 10.4. The Morgan fingerprint density at radius 3 is 2.53 bits per heavy atom. The Morgan fingerprint density at radius 2 is 1.95 bits per heavy atom. The number of morpholine rings is 1. The van der Waals surface area contributed by atoms with Gasteiger partial charge in [-0.15, -0.1) is 0 Å². The molecule has 0 bridgehead atoms. The molecule has 1 saturated heterocycles. The van der Waals surface area contributed by atoms with E-state index < -0.39 is 18.1 Å². The summed E-state index contributed by atoms with van der Waals surface area (Å²) in [6.07, 6.45) is 0.906. The highest BCUT2D eigenvalue weighted by Gasteiger charge is 2.47. The minimum absolute atomic E-state index is 0.117. The minimum atomic E-state index is -1.02. The van der Waals surface area contributed by atoms with Gasteiger partial charge in [-0.2, -0.15) is 0 Å². The topological polar surface area (TPSA) is 66.8 Å². The maximum Gasteiger partial charge on any atom is 0.335 e. The van der Waals surface area contributed by atoms with Crippen molar-refractivity contribution in [3.05, 3.63) is 35.9 Å². The highest BCUT2D eigenvalue weighted by Crippen LogP contribution is 2.39. The van der Waals surface area contributed by atoms with Crippen LogP contribution in [0.15, 0.2) is 30.3 Å². The van der Waals surface area contributed by atoms with E-state index in [-0.39, 0.29) is 18.6 Å². The van der Waals surface area contributed by atoms with E-state index in [4.69, 9.17) is 4.74 Å². The van der Waals surface area contributed by atoms with Gasteiger partial charge in [-0.1, -0.05) is 30.3 Å². The first kappa shape index (κ1) is 12.2. The molecule has 0 spiro atoms. The predicted octanol–water partition coefficient (Wildman–Crippen LogP) is 1.20. The lowest BCUT2D eigenvalue weighted by atomic mass is 9.97. The quantitative estimate of drug-likeness (QED) is 0.888. The number of carbonyl (C=O) groups excluding carboxylic acids is 1. The number of aliphatic carboxylic acids is 1. The molecule has 1 aromatic carbocycles. The summed E-state index contributed by atoms with van der Waals surface area (Å²) in [5.74, 6) is -1.14. The van der Waals surface area contributed by atoms with Gasteiger partial charge in [0.25, 0.3) is 0 Å². The largest absolute Gasteiger partial charge is 0.479 e. The maximum absolute atomic E-state index is 12.0. The molecule has 2 fully saturated rings. The monoisotopic (exact) mass is 261 g/mol. The van der Waals surface area contributed by atoms with Crippen LogP contribution in [-0.2, 0) is 14.3 Å². The molecule has 2 aliphatic rings. The third kappa shape index (κ3) is 2.21. The van der Waals surface area contributed by atoms with Crippen LogP contribution in [-0.4, -0.2) is 40.6 Å². The lowest BCUT2D eigenvalue weighted by molar-refractivity contribution is -0.174. The number of hydrogen-bond donors (Lipinski definition) is 1. The first-order chi connectivity index (χ1) is 9.18. The van der Waals surface area contributed by atoms with Crippen LogP contribution in [0.4, 0.5) is 0 Å². The number of carboxylic acids is 1. The Balaban J connectivity index is 2.00. The average Bonchev–Trinajstić information content (AvgIpc) is 3.23. The van der Waals surface area contributed by atoms with Crippen LogP contribution in [0.3, 0.4) is 0 Å². The predicted molar refractivity (Wildman–Crippen MR) is 66.4 cm³/mol. The van der Waals surface area contributed by atoms with E-state index in [0.29, 0.717) is 0 Å². The fourth-order valence-electron chi connectivity index (χ4n) is 2.60. The molecule has 1 heterocycles. The van der Waals surface area contributed by atoms with Crippen LogP contribution in [0.2, 0.25) is 0 Å². The SMILES string of the molecule is O=C(O)[C@@H]1OCC(=O)N(C2CC2)[C@H]1c1ccccc1. The summed E-state index contributed by atoms with van der Waals surface area (Å²) in [7, 11) is 0. The Kier molecular flexibility index (Phi) is 2.98. The fourth-order valence-corrected chi connectivity index (χ4v) is 2.60. The van der Waals surface area contributed by atoms with Crippen LogP contribution < -0.4 is 0 Å². The van der Waals surface area contributed by atoms with Crippen LogP contribution in [0.1, 0.15) is 24.4 Å². The first-order valence-corrected chi connectivity index (χ1v) is 6.39. The van der Waals surface area contributed by atoms with Gasteiger partial charge < -0.3 is 14.7 Å². The van der Waals surface area contributed by atoms with Crippen molar-refractivity contribution in [1.82, 2.24) is 4.90 Å². The van der Waals surface area contributed by atoms with E-state index in [1.165, 1.54) is 0 Å². The highest BCUT2D eigenvalue weighted by atomic mass is 16.5. The van der Waals surface area contributed by atoms with E-state index in [2.05, 4.69) is 0 Å². The van der Waals surface area contributed by atoms with Crippen LogP contribution >= 0.6 is 0 Å².